The number of aromatic nitrogens is 1. The monoisotopic (exact) mass is 314 g/mol. The Labute approximate surface area is 133 Å². The van der Waals surface area contributed by atoms with E-state index in [1.165, 1.54) is 0 Å². The fourth-order valence-corrected chi connectivity index (χ4v) is 2.33. The van der Waals surface area contributed by atoms with E-state index in [1.54, 1.807) is 36.4 Å². The lowest BCUT2D eigenvalue weighted by atomic mass is 10.2. The van der Waals surface area contributed by atoms with Crippen molar-refractivity contribution in [2.45, 2.75) is 19.8 Å². The van der Waals surface area contributed by atoms with Crippen LogP contribution < -0.4 is 5.32 Å². The largest absolute Gasteiger partial charge is 0.440 e. The number of carbonyl (C=O) groups excluding carboxylic acids is 1. The predicted molar refractivity (Wildman–Crippen MR) is 87.5 cm³/mol. The van der Waals surface area contributed by atoms with Gasteiger partial charge in [0.1, 0.15) is 5.52 Å². The molecule has 0 fully saturated rings. The Morgan fingerprint density at radius 3 is 2.73 bits per heavy atom. The summed E-state index contributed by atoms with van der Waals surface area (Å²) in [5.41, 5.74) is 2.51. The van der Waals surface area contributed by atoms with Crippen molar-refractivity contribution >= 4 is 34.3 Å². The molecule has 22 heavy (non-hydrogen) atoms. The van der Waals surface area contributed by atoms with Gasteiger partial charge in [-0.2, -0.15) is 0 Å². The summed E-state index contributed by atoms with van der Waals surface area (Å²) in [5, 5.41) is 3.24. The molecular formula is C17H15ClN2O2. The lowest BCUT2D eigenvalue weighted by Crippen LogP contribution is -2.12. The van der Waals surface area contributed by atoms with Gasteiger partial charge in [-0.15, -0.1) is 0 Å². The van der Waals surface area contributed by atoms with E-state index in [0.29, 0.717) is 27.7 Å². The molecular weight excluding hydrogens is 300 g/mol. The molecule has 0 bridgehead atoms. The number of hydrogen-bond donors (Lipinski definition) is 1. The Morgan fingerprint density at radius 1 is 1.23 bits per heavy atom. The van der Waals surface area contributed by atoms with Gasteiger partial charge in [-0.1, -0.05) is 37.6 Å². The first-order valence-electron chi connectivity index (χ1n) is 7.01. The Bertz CT molecular complexity index is 840. The predicted octanol–water partition coefficient (Wildman–Crippen LogP) is 4.86. The fraction of sp³-hybridized carbons (Fsp3) is 0.176. The third-order valence-corrected chi connectivity index (χ3v) is 3.60. The van der Waals surface area contributed by atoms with Gasteiger partial charge in [-0.25, -0.2) is 4.98 Å². The van der Waals surface area contributed by atoms with Gasteiger partial charge in [0.15, 0.2) is 11.5 Å². The SMILES string of the molecule is CC(C)c1nc2ccc(NC(=O)c3ccccc3Cl)cc2o1. The van der Waals surface area contributed by atoms with Crippen LogP contribution in [0.2, 0.25) is 5.02 Å². The normalized spacial score (nSPS) is 11.1. The van der Waals surface area contributed by atoms with Crippen LogP contribution in [0, 0.1) is 0 Å². The van der Waals surface area contributed by atoms with Crippen molar-refractivity contribution in [1.82, 2.24) is 4.98 Å². The Morgan fingerprint density at radius 2 is 2.00 bits per heavy atom. The summed E-state index contributed by atoms with van der Waals surface area (Å²) in [5.74, 6) is 0.645. The summed E-state index contributed by atoms with van der Waals surface area (Å²) in [7, 11) is 0. The molecule has 1 amide bonds. The minimum absolute atomic E-state index is 0.216. The first kappa shape index (κ1) is 14.6. The van der Waals surface area contributed by atoms with Crippen LogP contribution in [0.25, 0.3) is 11.1 Å². The Kier molecular flexibility index (Phi) is 3.86. The van der Waals surface area contributed by atoms with E-state index in [1.807, 2.05) is 19.9 Å². The van der Waals surface area contributed by atoms with Crippen molar-refractivity contribution in [1.29, 1.82) is 0 Å². The van der Waals surface area contributed by atoms with E-state index in [0.717, 1.165) is 5.52 Å². The van der Waals surface area contributed by atoms with Crippen LogP contribution in [-0.4, -0.2) is 10.9 Å². The van der Waals surface area contributed by atoms with E-state index < -0.39 is 0 Å². The third-order valence-electron chi connectivity index (χ3n) is 3.28. The van der Waals surface area contributed by atoms with Gasteiger partial charge in [-0.05, 0) is 24.3 Å². The third kappa shape index (κ3) is 2.83. The van der Waals surface area contributed by atoms with Gasteiger partial charge in [0.25, 0.3) is 5.91 Å². The minimum Gasteiger partial charge on any atom is -0.440 e. The number of carbonyl (C=O) groups is 1. The number of fused-ring (bicyclic) bond motifs is 1. The van der Waals surface area contributed by atoms with Crippen molar-refractivity contribution in [2.24, 2.45) is 0 Å². The van der Waals surface area contributed by atoms with Gasteiger partial charge in [0.2, 0.25) is 0 Å². The zero-order chi connectivity index (χ0) is 15.7. The van der Waals surface area contributed by atoms with Crippen LogP contribution >= 0.6 is 11.6 Å². The van der Waals surface area contributed by atoms with Crippen LogP contribution in [0.4, 0.5) is 5.69 Å². The number of nitrogens with one attached hydrogen (secondary N) is 1. The maximum Gasteiger partial charge on any atom is 0.257 e. The number of anilines is 1. The number of halogens is 1. The lowest BCUT2D eigenvalue weighted by Gasteiger charge is -2.06. The van der Waals surface area contributed by atoms with Gasteiger partial charge >= 0.3 is 0 Å². The molecule has 3 rings (SSSR count). The quantitative estimate of drug-likeness (QED) is 0.751. The van der Waals surface area contributed by atoms with Crippen molar-refractivity contribution in [2.75, 3.05) is 5.32 Å². The average Bonchev–Trinajstić information content (AvgIpc) is 2.91. The molecule has 3 aromatic rings. The topological polar surface area (TPSA) is 55.1 Å². The maximum absolute atomic E-state index is 12.2. The molecule has 1 N–H and O–H groups in total. The first-order chi connectivity index (χ1) is 10.5. The number of oxazole rings is 1. The number of nitrogens with zero attached hydrogens (tertiary/aromatic N) is 1. The number of amides is 1. The van der Waals surface area contributed by atoms with Gasteiger partial charge in [0.05, 0.1) is 10.6 Å². The maximum atomic E-state index is 12.2. The number of benzene rings is 2. The molecule has 0 aliphatic carbocycles. The van der Waals surface area contributed by atoms with E-state index in [9.17, 15) is 4.79 Å². The molecule has 5 heteroatoms. The number of hydrogen-bond acceptors (Lipinski definition) is 3. The highest BCUT2D eigenvalue weighted by atomic mass is 35.5. The summed E-state index contributed by atoms with van der Waals surface area (Å²) in [6.45, 7) is 4.04. The second-order valence-electron chi connectivity index (χ2n) is 5.32. The van der Waals surface area contributed by atoms with Gasteiger partial charge in [-0.3, -0.25) is 4.79 Å². The van der Waals surface area contributed by atoms with Crippen LogP contribution in [0.15, 0.2) is 46.9 Å². The summed E-state index contributed by atoms with van der Waals surface area (Å²) in [4.78, 5) is 16.6. The summed E-state index contributed by atoms with van der Waals surface area (Å²) < 4.78 is 5.69. The number of rotatable bonds is 3. The van der Waals surface area contributed by atoms with E-state index >= 15 is 0 Å². The Balaban J connectivity index is 1.88. The molecule has 0 atom stereocenters. The average molecular weight is 315 g/mol. The molecule has 0 saturated heterocycles. The van der Waals surface area contributed by atoms with Crippen molar-refractivity contribution < 1.29 is 9.21 Å². The second-order valence-corrected chi connectivity index (χ2v) is 5.73. The summed E-state index contributed by atoms with van der Waals surface area (Å²) >= 11 is 6.03. The molecule has 0 radical (unpaired) electrons. The molecule has 4 nitrogen and oxygen atoms in total. The standard InChI is InChI=1S/C17H15ClN2O2/c1-10(2)17-20-14-8-7-11(9-15(14)22-17)19-16(21)12-5-3-4-6-13(12)18/h3-10H,1-2H3,(H,19,21). The molecule has 2 aromatic carbocycles. The van der Waals surface area contributed by atoms with Crippen molar-refractivity contribution in [3.63, 3.8) is 0 Å². The van der Waals surface area contributed by atoms with Gasteiger partial charge in [0, 0.05) is 17.7 Å². The second kappa shape index (κ2) is 5.81. The molecule has 0 spiro atoms. The van der Waals surface area contributed by atoms with Crippen molar-refractivity contribution in [3.05, 3.63) is 58.9 Å². The molecule has 1 heterocycles. The van der Waals surface area contributed by atoms with Crippen LogP contribution in [0.1, 0.15) is 36.0 Å². The van der Waals surface area contributed by atoms with E-state index in [-0.39, 0.29) is 11.8 Å². The molecule has 1 aromatic heterocycles. The molecule has 0 aliphatic heterocycles. The minimum atomic E-state index is -0.256. The highest BCUT2D eigenvalue weighted by molar-refractivity contribution is 6.34. The van der Waals surface area contributed by atoms with Crippen LogP contribution in [-0.2, 0) is 0 Å². The van der Waals surface area contributed by atoms with Crippen molar-refractivity contribution in [3.8, 4) is 0 Å². The summed E-state index contributed by atoms with van der Waals surface area (Å²) in [6, 6.07) is 12.3. The molecule has 0 aliphatic rings. The van der Waals surface area contributed by atoms with E-state index in [4.69, 9.17) is 16.0 Å². The lowest BCUT2D eigenvalue weighted by molar-refractivity contribution is 0.102. The fourth-order valence-electron chi connectivity index (χ4n) is 2.11. The Hall–Kier alpha value is -2.33. The summed E-state index contributed by atoms with van der Waals surface area (Å²) in [6.07, 6.45) is 0. The van der Waals surface area contributed by atoms with E-state index in [2.05, 4.69) is 10.3 Å². The molecule has 112 valence electrons. The van der Waals surface area contributed by atoms with Gasteiger partial charge < -0.3 is 9.73 Å². The molecule has 0 saturated carbocycles. The zero-order valence-corrected chi connectivity index (χ0v) is 13.0. The molecule has 0 unspecified atom stereocenters. The highest BCUT2D eigenvalue weighted by Gasteiger charge is 2.12. The van der Waals surface area contributed by atoms with Crippen LogP contribution in [0.5, 0.6) is 0 Å². The smallest absolute Gasteiger partial charge is 0.257 e. The first-order valence-corrected chi connectivity index (χ1v) is 7.39. The highest BCUT2D eigenvalue weighted by Crippen LogP contribution is 2.24. The zero-order valence-electron chi connectivity index (χ0n) is 12.3. The van der Waals surface area contributed by atoms with Crippen LogP contribution in [0.3, 0.4) is 0 Å².